The topological polar surface area (TPSA) is 121 Å². The summed E-state index contributed by atoms with van der Waals surface area (Å²) >= 11 is 5.14. The molecule has 1 aromatic heterocycles. The van der Waals surface area contributed by atoms with Gasteiger partial charge in [-0.2, -0.15) is 0 Å². The number of fused-ring (bicyclic) bond motifs is 1. The molecule has 2 aliphatic rings. The summed E-state index contributed by atoms with van der Waals surface area (Å²) < 4.78 is 31.6. The molecule has 12 heteroatoms. The standard InChI is InChI=1S/C10H14FN4O5PS/c1-18-21(22)13-4-10(12)7(20-21)6(11)8(19-10)15-3-2-5(16)14-9(15)17/h2-3,6-8H,4,12H2,1H3,(H,13,22)(H,14,16,17)/t6-,7+,8-,10-,21?/m1/s1. The Morgan fingerprint density at radius 3 is 3.00 bits per heavy atom. The Balaban J connectivity index is 1.96. The maximum absolute atomic E-state index is 14.7. The van der Waals surface area contributed by atoms with E-state index in [9.17, 15) is 14.0 Å². The lowest BCUT2D eigenvalue weighted by Gasteiger charge is -2.39. The molecule has 4 N–H and O–H groups in total. The molecule has 2 fully saturated rings. The van der Waals surface area contributed by atoms with Crippen LogP contribution in [0, 0.1) is 0 Å². The van der Waals surface area contributed by atoms with E-state index < -0.39 is 42.1 Å². The molecule has 9 nitrogen and oxygen atoms in total. The normalized spacial score (nSPS) is 41.3. The molecule has 1 aromatic rings. The molecular formula is C10H14FN4O5PS. The Morgan fingerprint density at radius 2 is 2.36 bits per heavy atom. The molecule has 0 spiro atoms. The van der Waals surface area contributed by atoms with Gasteiger partial charge in [-0.25, -0.2) is 14.3 Å². The van der Waals surface area contributed by atoms with E-state index in [2.05, 4.69) is 5.09 Å². The molecule has 2 saturated heterocycles. The van der Waals surface area contributed by atoms with Gasteiger partial charge in [0.2, 0.25) is 0 Å². The first-order valence-electron chi connectivity index (χ1n) is 6.29. The first-order valence-corrected chi connectivity index (χ1v) is 8.93. The second-order valence-electron chi connectivity index (χ2n) is 4.97. The van der Waals surface area contributed by atoms with Gasteiger partial charge in [-0.15, -0.1) is 0 Å². The van der Waals surface area contributed by atoms with Gasteiger partial charge in [-0.3, -0.25) is 20.1 Å². The summed E-state index contributed by atoms with van der Waals surface area (Å²) in [7, 11) is 1.35. The monoisotopic (exact) mass is 352 g/mol. The minimum atomic E-state index is -2.84. The van der Waals surface area contributed by atoms with Crippen LogP contribution in [0.3, 0.4) is 0 Å². The molecule has 1 unspecified atom stereocenters. The Bertz CT molecular complexity index is 755. The van der Waals surface area contributed by atoms with E-state index >= 15 is 0 Å². The number of alkyl halides is 1. The van der Waals surface area contributed by atoms with Crippen molar-refractivity contribution < 1.29 is 18.2 Å². The summed E-state index contributed by atoms with van der Waals surface area (Å²) in [6.07, 6.45) is -3.14. The van der Waals surface area contributed by atoms with Crippen LogP contribution in [0.5, 0.6) is 0 Å². The van der Waals surface area contributed by atoms with Gasteiger partial charge in [0.1, 0.15) is 6.10 Å². The summed E-state index contributed by atoms with van der Waals surface area (Å²) in [5.74, 6) is 0. The lowest BCUT2D eigenvalue weighted by Crippen LogP contribution is -2.60. The molecule has 2 aliphatic heterocycles. The summed E-state index contributed by atoms with van der Waals surface area (Å²) in [4.78, 5) is 24.9. The van der Waals surface area contributed by atoms with Crippen LogP contribution in [0.15, 0.2) is 21.9 Å². The number of halogens is 1. The van der Waals surface area contributed by atoms with E-state index in [4.69, 9.17) is 31.3 Å². The molecule has 0 aliphatic carbocycles. The van der Waals surface area contributed by atoms with Crippen LogP contribution in [0.25, 0.3) is 0 Å². The molecule has 0 saturated carbocycles. The number of aromatic amines is 1. The van der Waals surface area contributed by atoms with Crippen LogP contribution in [-0.4, -0.2) is 41.2 Å². The largest absolute Gasteiger partial charge is 0.330 e. The lowest BCUT2D eigenvalue weighted by molar-refractivity contribution is -0.0998. The number of aromatic nitrogens is 2. The van der Waals surface area contributed by atoms with Gasteiger partial charge < -0.3 is 13.8 Å². The smallest absolute Gasteiger partial charge is 0.330 e. The molecule has 0 amide bonds. The summed E-state index contributed by atoms with van der Waals surface area (Å²) in [5.41, 5.74) is 3.12. The highest BCUT2D eigenvalue weighted by atomic mass is 32.5. The van der Waals surface area contributed by atoms with Crippen molar-refractivity contribution in [1.29, 1.82) is 0 Å². The zero-order valence-electron chi connectivity index (χ0n) is 11.4. The second kappa shape index (κ2) is 5.31. The second-order valence-corrected chi connectivity index (χ2v) is 8.30. The molecular weight excluding hydrogens is 338 g/mol. The number of nitrogens with zero attached hydrogens (tertiary/aromatic N) is 1. The summed E-state index contributed by atoms with van der Waals surface area (Å²) in [6.45, 7) is -2.83. The Morgan fingerprint density at radius 1 is 1.64 bits per heavy atom. The summed E-state index contributed by atoms with van der Waals surface area (Å²) in [6, 6.07) is 1.08. The maximum Gasteiger partial charge on any atom is 0.330 e. The van der Waals surface area contributed by atoms with E-state index in [-0.39, 0.29) is 6.54 Å². The van der Waals surface area contributed by atoms with Gasteiger partial charge in [-0.1, -0.05) is 0 Å². The fourth-order valence-corrected chi connectivity index (χ4v) is 4.21. The molecule has 0 radical (unpaired) electrons. The molecule has 5 atom stereocenters. The zero-order chi connectivity index (χ0) is 16.1. The molecule has 3 rings (SSSR count). The number of rotatable bonds is 2. The van der Waals surface area contributed by atoms with Crippen molar-refractivity contribution in [2.24, 2.45) is 5.73 Å². The van der Waals surface area contributed by atoms with Crippen LogP contribution >= 0.6 is 6.64 Å². The fourth-order valence-electron chi connectivity index (χ4n) is 2.42. The third-order valence-corrected chi connectivity index (χ3v) is 6.17. The lowest BCUT2D eigenvalue weighted by atomic mass is 10.1. The first kappa shape index (κ1) is 15.9. The van der Waals surface area contributed by atoms with E-state index in [1.165, 1.54) is 7.11 Å². The van der Waals surface area contributed by atoms with Crippen molar-refractivity contribution in [2.45, 2.75) is 24.2 Å². The number of nitrogens with two attached hydrogens (primary N) is 1. The first-order chi connectivity index (χ1) is 10.3. The third-order valence-electron chi connectivity index (χ3n) is 3.55. The van der Waals surface area contributed by atoms with E-state index in [1.54, 1.807) is 0 Å². The van der Waals surface area contributed by atoms with Crippen molar-refractivity contribution in [1.82, 2.24) is 14.6 Å². The van der Waals surface area contributed by atoms with Crippen LogP contribution in [0.4, 0.5) is 4.39 Å². The highest BCUT2D eigenvalue weighted by molar-refractivity contribution is 8.09. The average Bonchev–Trinajstić information content (AvgIpc) is 2.72. The Hall–Kier alpha value is -0.940. The van der Waals surface area contributed by atoms with Crippen LogP contribution in [0.1, 0.15) is 6.23 Å². The van der Waals surface area contributed by atoms with Gasteiger partial charge in [0.05, 0.1) is 0 Å². The number of ether oxygens (including phenoxy) is 1. The molecule has 22 heavy (non-hydrogen) atoms. The van der Waals surface area contributed by atoms with Crippen molar-refractivity contribution in [2.75, 3.05) is 13.7 Å². The minimum Gasteiger partial charge on any atom is -0.330 e. The van der Waals surface area contributed by atoms with Gasteiger partial charge in [0.15, 0.2) is 18.1 Å². The van der Waals surface area contributed by atoms with Gasteiger partial charge in [0, 0.05) is 25.9 Å². The SMILES string of the molecule is COP1(=S)NC[C@@]2(N)O[C@@H](n3ccc(=O)[nH]c3=O)[C@H](F)[C@@H]2O1. The Labute approximate surface area is 128 Å². The predicted molar refractivity (Wildman–Crippen MR) is 77.4 cm³/mol. The number of nitrogens with one attached hydrogen (secondary N) is 2. The van der Waals surface area contributed by atoms with E-state index in [0.29, 0.717) is 0 Å². The van der Waals surface area contributed by atoms with Crippen molar-refractivity contribution in [3.05, 3.63) is 33.1 Å². The summed E-state index contributed by atoms with van der Waals surface area (Å²) in [5, 5.41) is 2.79. The molecule has 0 aromatic carbocycles. The van der Waals surface area contributed by atoms with Crippen LogP contribution < -0.4 is 22.1 Å². The van der Waals surface area contributed by atoms with E-state index in [0.717, 1.165) is 16.8 Å². The highest BCUT2D eigenvalue weighted by Gasteiger charge is 2.59. The third kappa shape index (κ3) is 2.48. The average molecular weight is 352 g/mol. The van der Waals surface area contributed by atoms with Gasteiger partial charge in [-0.05, 0) is 11.8 Å². The van der Waals surface area contributed by atoms with Crippen molar-refractivity contribution >= 4 is 18.4 Å². The van der Waals surface area contributed by atoms with Crippen LogP contribution in [0.2, 0.25) is 0 Å². The highest BCUT2D eigenvalue weighted by Crippen LogP contribution is 2.53. The number of hydrogen-bond donors (Lipinski definition) is 3. The molecule has 122 valence electrons. The molecule has 0 bridgehead atoms. The zero-order valence-corrected chi connectivity index (χ0v) is 13.1. The maximum atomic E-state index is 14.7. The van der Waals surface area contributed by atoms with Crippen molar-refractivity contribution in [3.63, 3.8) is 0 Å². The Kier molecular flexibility index (Phi) is 3.84. The number of hydrogen-bond acceptors (Lipinski definition) is 7. The number of H-pyrrole nitrogens is 1. The van der Waals surface area contributed by atoms with Gasteiger partial charge in [0.25, 0.3) is 12.2 Å². The van der Waals surface area contributed by atoms with E-state index in [1.807, 2.05) is 4.98 Å². The predicted octanol–water partition coefficient (Wildman–Crippen LogP) is -1.08. The van der Waals surface area contributed by atoms with Crippen molar-refractivity contribution in [3.8, 4) is 0 Å². The van der Waals surface area contributed by atoms with Gasteiger partial charge >= 0.3 is 5.69 Å². The molecule has 3 heterocycles. The van der Waals surface area contributed by atoms with Crippen LogP contribution in [-0.2, 0) is 25.6 Å². The fraction of sp³-hybridized carbons (Fsp3) is 0.600. The quantitative estimate of drug-likeness (QED) is 0.575. The minimum absolute atomic E-state index is 0.0117.